The first-order valence-electron chi connectivity index (χ1n) is 9.68. The Kier molecular flexibility index (Phi) is 8.82. The lowest BCUT2D eigenvalue weighted by atomic mass is 9.97. The largest absolute Gasteiger partial charge is 0.369 e. The molecule has 1 amide bonds. The summed E-state index contributed by atoms with van der Waals surface area (Å²) in [4.78, 5) is 18.1. The number of guanidine groups is 1. The Morgan fingerprint density at radius 2 is 2.04 bits per heavy atom. The molecule has 1 heterocycles. The van der Waals surface area contributed by atoms with E-state index < -0.39 is 0 Å². The third kappa shape index (κ3) is 7.29. The number of hydrogen-bond donors (Lipinski definition) is 3. The topological polar surface area (TPSA) is 82.8 Å². The summed E-state index contributed by atoms with van der Waals surface area (Å²) in [6.07, 6.45) is 4.62. The molecule has 6 nitrogen and oxygen atoms in total. The maximum Gasteiger partial charge on any atom is 0.221 e. The molecule has 150 valence electrons. The van der Waals surface area contributed by atoms with Crippen molar-refractivity contribution in [2.45, 2.75) is 38.8 Å². The Labute approximate surface area is 179 Å². The normalized spacial score (nSPS) is 20.6. The molecule has 0 spiro atoms. The number of carbonyl (C=O) groups is 1. The summed E-state index contributed by atoms with van der Waals surface area (Å²) in [7, 11) is 1.81. The lowest BCUT2D eigenvalue weighted by Gasteiger charge is -2.31. The van der Waals surface area contributed by atoms with Gasteiger partial charge in [0.05, 0.1) is 5.92 Å². The first-order chi connectivity index (χ1) is 12.6. The molecule has 2 fully saturated rings. The van der Waals surface area contributed by atoms with Crippen molar-refractivity contribution >= 4 is 35.8 Å². The van der Waals surface area contributed by atoms with Crippen LogP contribution in [0.25, 0.3) is 0 Å². The molecule has 0 radical (unpaired) electrons. The second-order valence-electron chi connectivity index (χ2n) is 7.55. The third-order valence-corrected chi connectivity index (χ3v) is 5.24. The highest BCUT2D eigenvalue weighted by atomic mass is 127. The Hall–Kier alpha value is -1.35. The first kappa shape index (κ1) is 21.9. The van der Waals surface area contributed by atoms with Gasteiger partial charge in [-0.3, -0.25) is 14.7 Å². The summed E-state index contributed by atoms with van der Waals surface area (Å²) in [5.41, 5.74) is 7.99. The van der Waals surface area contributed by atoms with E-state index in [0.717, 1.165) is 57.4 Å². The number of amides is 1. The number of rotatable bonds is 7. The van der Waals surface area contributed by atoms with Crippen LogP contribution in [-0.4, -0.2) is 43.4 Å². The number of carbonyl (C=O) groups excluding carboxylic acids is 1. The van der Waals surface area contributed by atoms with Crippen molar-refractivity contribution in [3.63, 3.8) is 0 Å². The minimum absolute atomic E-state index is 0. The first-order valence-corrected chi connectivity index (χ1v) is 9.68. The number of nitrogens with two attached hydrogens (primary N) is 1. The molecule has 4 N–H and O–H groups in total. The fourth-order valence-electron chi connectivity index (χ4n) is 3.50. The smallest absolute Gasteiger partial charge is 0.221 e. The van der Waals surface area contributed by atoms with Crippen molar-refractivity contribution in [3.05, 3.63) is 35.4 Å². The van der Waals surface area contributed by atoms with Crippen LogP contribution in [0, 0.1) is 11.8 Å². The van der Waals surface area contributed by atoms with Gasteiger partial charge in [-0.15, -0.1) is 24.0 Å². The van der Waals surface area contributed by atoms with Gasteiger partial charge < -0.3 is 16.4 Å². The van der Waals surface area contributed by atoms with Gasteiger partial charge >= 0.3 is 0 Å². The number of aliphatic imine (C=N–C) groups is 1. The monoisotopic (exact) mass is 485 g/mol. The standard InChI is InChI=1S/C20H31N5O.HI/c1-22-20(23-11-15-7-8-15)24-12-16-4-2-5-17(10-16)13-25-9-3-6-18(14-25)19(21)26;/h2,4-5,10,15,18H,3,6-9,11-14H2,1H3,(H2,21,26)(H2,22,23,24);1H. The molecule has 1 aromatic carbocycles. The van der Waals surface area contributed by atoms with E-state index in [4.69, 9.17) is 5.73 Å². The maximum atomic E-state index is 11.5. The quantitative estimate of drug-likeness (QED) is 0.314. The van der Waals surface area contributed by atoms with E-state index in [2.05, 4.69) is 44.8 Å². The van der Waals surface area contributed by atoms with Gasteiger partial charge in [-0.1, -0.05) is 24.3 Å². The fraction of sp³-hybridized carbons (Fsp3) is 0.600. The Bertz CT molecular complexity index is 647. The predicted molar refractivity (Wildman–Crippen MR) is 120 cm³/mol. The molecule has 0 bridgehead atoms. The Balaban J connectivity index is 0.00000261. The van der Waals surface area contributed by atoms with E-state index in [1.807, 2.05) is 7.05 Å². The molecule has 3 rings (SSSR count). The van der Waals surface area contributed by atoms with Crippen molar-refractivity contribution in [1.82, 2.24) is 15.5 Å². The summed E-state index contributed by atoms with van der Waals surface area (Å²) in [6.45, 7) is 4.43. The van der Waals surface area contributed by atoms with E-state index in [1.54, 1.807) is 0 Å². The van der Waals surface area contributed by atoms with Gasteiger partial charge in [0.15, 0.2) is 5.96 Å². The SMILES string of the molecule is CN=C(NCc1cccc(CN2CCCC(C(N)=O)C2)c1)NCC1CC1.I. The number of likely N-dealkylation sites (tertiary alicyclic amines) is 1. The minimum Gasteiger partial charge on any atom is -0.369 e. The van der Waals surface area contributed by atoms with Crippen LogP contribution in [0.2, 0.25) is 0 Å². The number of hydrogen-bond acceptors (Lipinski definition) is 3. The highest BCUT2D eigenvalue weighted by Crippen LogP contribution is 2.27. The summed E-state index contributed by atoms with van der Waals surface area (Å²) < 4.78 is 0. The summed E-state index contributed by atoms with van der Waals surface area (Å²) in [5, 5.41) is 6.77. The number of nitrogens with one attached hydrogen (secondary N) is 2. The number of benzene rings is 1. The van der Waals surface area contributed by atoms with Crippen LogP contribution >= 0.6 is 24.0 Å². The van der Waals surface area contributed by atoms with Crippen LogP contribution in [0.5, 0.6) is 0 Å². The number of halogens is 1. The lowest BCUT2D eigenvalue weighted by molar-refractivity contribution is -0.123. The number of nitrogens with zero attached hydrogens (tertiary/aromatic N) is 2. The van der Waals surface area contributed by atoms with Gasteiger partial charge in [0.25, 0.3) is 0 Å². The fourth-order valence-corrected chi connectivity index (χ4v) is 3.50. The van der Waals surface area contributed by atoms with Gasteiger partial charge in [-0.25, -0.2) is 0 Å². The molecule has 1 aliphatic heterocycles. The van der Waals surface area contributed by atoms with Gasteiger partial charge in [0, 0.05) is 33.2 Å². The van der Waals surface area contributed by atoms with Gasteiger partial charge in [0.1, 0.15) is 0 Å². The highest BCUT2D eigenvalue weighted by molar-refractivity contribution is 14.0. The second kappa shape index (κ2) is 10.8. The van der Waals surface area contributed by atoms with Crippen LogP contribution in [0.1, 0.15) is 36.8 Å². The second-order valence-corrected chi connectivity index (χ2v) is 7.55. The average Bonchev–Trinajstić information content (AvgIpc) is 3.47. The molecule has 1 saturated carbocycles. The van der Waals surface area contributed by atoms with Crippen LogP contribution < -0.4 is 16.4 Å². The van der Waals surface area contributed by atoms with Crippen molar-refractivity contribution < 1.29 is 4.79 Å². The zero-order chi connectivity index (χ0) is 18.4. The summed E-state index contributed by atoms with van der Waals surface area (Å²) in [6, 6.07) is 8.61. The summed E-state index contributed by atoms with van der Waals surface area (Å²) >= 11 is 0. The molecule has 1 unspecified atom stereocenters. The highest BCUT2D eigenvalue weighted by Gasteiger charge is 2.24. The van der Waals surface area contributed by atoms with Gasteiger partial charge in [-0.05, 0) is 49.3 Å². The molecule has 27 heavy (non-hydrogen) atoms. The lowest BCUT2D eigenvalue weighted by Crippen LogP contribution is -2.40. The van der Waals surface area contributed by atoms with Crippen LogP contribution in [-0.2, 0) is 17.9 Å². The molecule has 1 atom stereocenters. The molecule has 1 saturated heterocycles. The number of primary amides is 1. The molecule has 0 aromatic heterocycles. The summed E-state index contributed by atoms with van der Waals surface area (Å²) in [5.74, 6) is 1.51. The van der Waals surface area contributed by atoms with Crippen LogP contribution in [0.3, 0.4) is 0 Å². The van der Waals surface area contributed by atoms with Crippen molar-refractivity contribution in [2.75, 3.05) is 26.7 Å². The van der Waals surface area contributed by atoms with Crippen molar-refractivity contribution in [2.24, 2.45) is 22.6 Å². The molecule has 1 aliphatic carbocycles. The van der Waals surface area contributed by atoms with Gasteiger partial charge in [-0.2, -0.15) is 0 Å². The van der Waals surface area contributed by atoms with E-state index in [-0.39, 0.29) is 35.8 Å². The van der Waals surface area contributed by atoms with Crippen LogP contribution in [0.15, 0.2) is 29.3 Å². The van der Waals surface area contributed by atoms with Crippen molar-refractivity contribution in [1.29, 1.82) is 0 Å². The zero-order valence-corrected chi connectivity index (χ0v) is 18.4. The van der Waals surface area contributed by atoms with Crippen molar-refractivity contribution in [3.8, 4) is 0 Å². The molecular weight excluding hydrogens is 453 g/mol. The molecule has 7 heteroatoms. The van der Waals surface area contributed by atoms with E-state index in [9.17, 15) is 4.79 Å². The predicted octanol–water partition coefficient (Wildman–Crippen LogP) is 2.08. The van der Waals surface area contributed by atoms with E-state index in [0.29, 0.717) is 0 Å². The molecular formula is C20H32IN5O. The zero-order valence-electron chi connectivity index (χ0n) is 16.1. The number of piperidine rings is 1. The van der Waals surface area contributed by atoms with E-state index >= 15 is 0 Å². The minimum atomic E-state index is -0.169. The molecule has 1 aromatic rings. The molecule has 2 aliphatic rings. The Morgan fingerprint density at radius 1 is 1.26 bits per heavy atom. The van der Waals surface area contributed by atoms with E-state index in [1.165, 1.54) is 24.0 Å². The Morgan fingerprint density at radius 3 is 2.74 bits per heavy atom. The van der Waals surface area contributed by atoms with Crippen LogP contribution in [0.4, 0.5) is 0 Å². The maximum absolute atomic E-state index is 11.5. The average molecular weight is 485 g/mol. The van der Waals surface area contributed by atoms with Gasteiger partial charge in [0.2, 0.25) is 5.91 Å². The third-order valence-electron chi connectivity index (χ3n) is 5.24.